The van der Waals surface area contributed by atoms with E-state index in [-0.39, 0.29) is 18.6 Å². The summed E-state index contributed by atoms with van der Waals surface area (Å²) in [6.45, 7) is 2.83. The Kier molecular flexibility index (Phi) is 3.52. The van der Waals surface area contributed by atoms with Crippen molar-refractivity contribution in [2.45, 2.75) is 32.4 Å². The second kappa shape index (κ2) is 4.51. The lowest BCUT2D eigenvalue weighted by atomic mass is 9.96. The molecule has 0 bridgehead atoms. The number of aryl methyl sites for hydroxylation is 1. The fraction of sp³-hybridized carbons (Fsp3) is 0.417. The predicted octanol–water partition coefficient (Wildman–Crippen LogP) is 2.61. The summed E-state index contributed by atoms with van der Waals surface area (Å²) in [5.74, 6) is -0.932. The van der Waals surface area contributed by atoms with E-state index >= 15 is 0 Å². The summed E-state index contributed by atoms with van der Waals surface area (Å²) in [6, 6.07) is 4.41. The van der Waals surface area contributed by atoms with Crippen molar-refractivity contribution < 1.29 is 19.4 Å². The minimum atomic E-state index is -1.49. The molecule has 2 N–H and O–H groups in total. The molecular weight excluding hydrogens is 211 g/mol. The van der Waals surface area contributed by atoms with E-state index in [2.05, 4.69) is 0 Å². The Hall–Kier alpha value is -1.58. The molecule has 0 aliphatic carbocycles. The molecule has 0 fully saturated rings. The Labute approximate surface area is 93.5 Å². The maximum Gasteiger partial charge on any atom is 0.303 e. The Morgan fingerprint density at radius 2 is 2.06 bits per heavy atom. The van der Waals surface area contributed by atoms with Crippen LogP contribution in [0.1, 0.15) is 31.4 Å². The van der Waals surface area contributed by atoms with Gasteiger partial charge in [-0.05, 0) is 43.5 Å². The van der Waals surface area contributed by atoms with Crippen molar-refractivity contribution in [3.8, 4) is 5.75 Å². The van der Waals surface area contributed by atoms with Gasteiger partial charge in [0.15, 0.2) is 0 Å². The van der Waals surface area contributed by atoms with Gasteiger partial charge in [-0.15, -0.1) is 0 Å². The Morgan fingerprint density at radius 3 is 2.56 bits per heavy atom. The van der Waals surface area contributed by atoms with Crippen LogP contribution in [0.3, 0.4) is 0 Å². The molecule has 0 atom stereocenters. The average molecular weight is 226 g/mol. The van der Waals surface area contributed by atoms with E-state index in [1.165, 1.54) is 32.0 Å². The summed E-state index contributed by atoms with van der Waals surface area (Å²) >= 11 is 0. The lowest BCUT2D eigenvalue weighted by Crippen LogP contribution is -2.09. The molecule has 0 unspecified atom stereocenters. The van der Waals surface area contributed by atoms with Crippen LogP contribution in [0, 0.1) is 0 Å². The van der Waals surface area contributed by atoms with E-state index in [1.54, 1.807) is 0 Å². The lowest BCUT2D eigenvalue weighted by Gasteiger charge is -2.16. The van der Waals surface area contributed by atoms with Crippen molar-refractivity contribution in [2.75, 3.05) is 0 Å². The average Bonchev–Trinajstić information content (AvgIpc) is 2.14. The van der Waals surface area contributed by atoms with E-state index in [0.29, 0.717) is 11.1 Å². The van der Waals surface area contributed by atoms with Crippen molar-refractivity contribution in [3.05, 3.63) is 29.3 Å². The lowest BCUT2D eigenvalue weighted by molar-refractivity contribution is -0.136. The topological polar surface area (TPSA) is 57.5 Å². The van der Waals surface area contributed by atoms with E-state index < -0.39 is 11.6 Å². The Balaban J connectivity index is 2.95. The third-order valence-electron chi connectivity index (χ3n) is 2.37. The summed E-state index contributed by atoms with van der Waals surface area (Å²) in [5.41, 5.74) is -0.595. The molecule has 1 rings (SSSR count). The zero-order valence-corrected chi connectivity index (χ0v) is 9.33. The maximum atomic E-state index is 13.6. The highest BCUT2D eigenvalue weighted by atomic mass is 19.1. The molecule has 0 heterocycles. The van der Waals surface area contributed by atoms with Crippen molar-refractivity contribution in [1.29, 1.82) is 0 Å². The number of carbonyl (C=O) groups is 1. The molecule has 0 aliphatic heterocycles. The number of carboxylic acid groups (broad SMARTS) is 1. The van der Waals surface area contributed by atoms with Crippen LogP contribution in [-0.4, -0.2) is 16.2 Å². The molecule has 1 aromatic rings. The van der Waals surface area contributed by atoms with Crippen LogP contribution < -0.4 is 0 Å². The van der Waals surface area contributed by atoms with Crippen LogP contribution in [0.15, 0.2) is 18.2 Å². The molecule has 0 spiro atoms. The number of aromatic hydroxyl groups is 1. The van der Waals surface area contributed by atoms with E-state index in [1.807, 2.05) is 0 Å². The van der Waals surface area contributed by atoms with Gasteiger partial charge in [0.25, 0.3) is 0 Å². The van der Waals surface area contributed by atoms with Gasteiger partial charge in [0, 0.05) is 6.42 Å². The molecule has 16 heavy (non-hydrogen) atoms. The molecule has 0 saturated heterocycles. The number of rotatable bonds is 4. The highest BCUT2D eigenvalue weighted by Crippen LogP contribution is 2.29. The van der Waals surface area contributed by atoms with Crippen molar-refractivity contribution in [3.63, 3.8) is 0 Å². The number of carboxylic acids is 1. The SMILES string of the molecule is CC(C)(F)c1ccc(O)c(CCC(=O)O)c1. The summed E-state index contributed by atoms with van der Waals surface area (Å²) in [7, 11) is 0. The fourth-order valence-corrected chi connectivity index (χ4v) is 1.40. The van der Waals surface area contributed by atoms with Crippen molar-refractivity contribution >= 4 is 5.97 Å². The van der Waals surface area contributed by atoms with Crippen LogP contribution in [0.4, 0.5) is 4.39 Å². The van der Waals surface area contributed by atoms with Crippen LogP contribution in [0.5, 0.6) is 5.75 Å². The highest BCUT2D eigenvalue weighted by Gasteiger charge is 2.19. The minimum Gasteiger partial charge on any atom is -0.508 e. The van der Waals surface area contributed by atoms with Gasteiger partial charge in [-0.25, -0.2) is 4.39 Å². The van der Waals surface area contributed by atoms with Gasteiger partial charge < -0.3 is 10.2 Å². The molecule has 0 saturated carbocycles. The maximum absolute atomic E-state index is 13.6. The minimum absolute atomic E-state index is 0.00856. The molecule has 3 nitrogen and oxygen atoms in total. The zero-order valence-electron chi connectivity index (χ0n) is 9.33. The molecule has 0 amide bonds. The number of alkyl halides is 1. The molecule has 88 valence electrons. The third kappa shape index (κ3) is 3.22. The second-order valence-corrected chi connectivity index (χ2v) is 4.21. The van der Waals surface area contributed by atoms with Gasteiger partial charge in [0.05, 0.1) is 0 Å². The van der Waals surface area contributed by atoms with Crippen molar-refractivity contribution in [2.24, 2.45) is 0 Å². The molecular formula is C12H15FO3. The normalized spacial score (nSPS) is 11.4. The molecule has 1 aromatic carbocycles. The van der Waals surface area contributed by atoms with Crippen LogP contribution in [0.2, 0.25) is 0 Å². The molecule has 0 aromatic heterocycles. The number of benzene rings is 1. The van der Waals surface area contributed by atoms with Crippen LogP contribution in [-0.2, 0) is 16.9 Å². The number of hydrogen-bond acceptors (Lipinski definition) is 2. The molecule has 4 heteroatoms. The highest BCUT2D eigenvalue weighted by molar-refractivity contribution is 5.67. The quantitative estimate of drug-likeness (QED) is 0.829. The summed E-state index contributed by atoms with van der Waals surface area (Å²) < 4.78 is 13.6. The van der Waals surface area contributed by atoms with Crippen LogP contribution >= 0.6 is 0 Å². The zero-order chi connectivity index (χ0) is 12.3. The first kappa shape index (κ1) is 12.5. The standard InChI is InChI=1S/C12H15FO3/c1-12(2,13)9-4-5-10(14)8(7-9)3-6-11(15)16/h4-5,7,14H,3,6H2,1-2H3,(H,15,16). The number of phenolic OH excluding ortho intramolecular Hbond substituents is 1. The largest absolute Gasteiger partial charge is 0.508 e. The molecule has 0 aliphatic rings. The fourth-order valence-electron chi connectivity index (χ4n) is 1.40. The summed E-state index contributed by atoms with van der Waals surface area (Å²) in [4.78, 5) is 10.4. The van der Waals surface area contributed by atoms with E-state index in [0.717, 1.165) is 0 Å². The van der Waals surface area contributed by atoms with Gasteiger partial charge >= 0.3 is 5.97 Å². The monoisotopic (exact) mass is 226 g/mol. The Bertz CT molecular complexity index is 394. The first-order valence-electron chi connectivity index (χ1n) is 5.04. The third-order valence-corrected chi connectivity index (χ3v) is 2.37. The van der Waals surface area contributed by atoms with Gasteiger partial charge in [-0.1, -0.05) is 6.07 Å². The van der Waals surface area contributed by atoms with E-state index in [9.17, 15) is 14.3 Å². The first-order valence-corrected chi connectivity index (χ1v) is 5.04. The number of halogens is 1. The van der Waals surface area contributed by atoms with Gasteiger partial charge in [-0.2, -0.15) is 0 Å². The predicted molar refractivity (Wildman–Crippen MR) is 58.2 cm³/mol. The smallest absolute Gasteiger partial charge is 0.303 e. The second-order valence-electron chi connectivity index (χ2n) is 4.21. The Morgan fingerprint density at radius 1 is 1.44 bits per heavy atom. The summed E-state index contributed by atoms with van der Waals surface area (Å²) in [6.07, 6.45) is 0.120. The number of hydrogen-bond donors (Lipinski definition) is 2. The number of aliphatic carboxylic acids is 1. The number of phenols is 1. The summed E-state index contributed by atoms with van der Waals surface area (Å²) in [5, 5.41) is 18.0. The van der Waals surface area contributed by atoms with E-state index in [4.69, 9.17) is 5.11 Å². The van der Waals surface area contributed by atoms with Crippen molar-refractivity contribution in [1.82, 2.24) is 0 Å². The van der Waals surface area contributed by atoms with Gasteiger partial charge in [-0.3, -0.25) is 4.79 Å². The van der Waals surface area contributed by atoms with Gasteiger partial charge in [0.2, 0.25) is 0 Å². The van der Waals surface area contributed by atoms with Gasteiger partial charge in [0.1, 0.15) is 11.4 Å². The molecule has 0 radical (unpaired) electrons. The first-order chi connectivity index (χ1) is 7.30. The van der Waals surface area contributed by atoms with Crippen LogP contribution in [0.25, 0.3) is 0 Å².